The van der Waals surface area contributed by atoms with Crippen LogP contribution in [0.15, 0.2) is 0 Å². The van der Waals surface area contributed by atoms with Gasteiger partial charge in [-0.05, 0) is 12.8 Å². The minimum atomic E-state index is -0.925. The summed E-state index contributed by atoms with van der Waals surface area (Å²) in [7, 11) is 0. The molecule has 1 radical (unpaired) electrons. The van der Waals surface area contributed by atoms with E-state index in [-0.39, 0.29) is 48.6 Å². The van der Waals surface area contributed by atoms with E-state index < -0.39 is 5.97 Å². The van der Waals surface area contributed by atoms with Gasteiger partial charge in [-0.3, -0.25) is 0 Å². The van der Waals surface area contributed by atoms with Gasteiger partial charge in [-0.1, -0.05) is 26.2 Å². The molecule has 0 unspecified atom stereocenters. The fraction of sp³-hybridized carbons (Fsp3) is 0.857. The summed E-state index contributed by atoms with van der Waals surface area (Å²) < 4.78 is 0. The molecule has 0 atom stereocenters. The van der Waals surface area contributed by atoms with Crippen LogP contribution < -0.4 is 29.9 Å². The zero-order valence-corrected chi connectivity index (χ0v) is 9.80. The summed E-state index contributed by atoms with van der Waals surface area (Å²) in [5.74, 6) is -0.925. The number of carbonyl (C=O) groups excluding carboxylic acids is 1. The molecule has 0 saturated heterocycles. The summed E-state index contributed by atoms with van der Waals surface area (Å²) in [4.78, 5) is 9.85. The third-order valence-corrected chi connectivity index (χ3v) is 1.23. The van der Waals surface area contributed by atoms with Crippen molar-refractivity contribution < 1.29 is 52.1 Å². The Labute approximate surface area is 97.1 Å². The zero-order valence-electron chi connectivity index (χ0n) is 7.02. The molecule has 0 aromatic heterocycles. The van der Waals surface area contributed by atoms with Crippen LogP contribution in [0.25, 0.3) is 0 Å². The number of carboxylic acid groups (broad SMARTS) is 1. The van der Waals surface area contributed by atoms with Crippen LogP contribution in [0.3, 0.4) is 0 Å². The van der Waals surface area contributed by atoms with E-state index in [1.807, 2.05) is 0 Å². The Hall–Kier alpha value is 0.582. The smallest absolute Gasteiger partial charge is 1.00 e. The minimum absolute atomic E-state index is 0. The summed E-state index contributed by atoms with van der Waals surface area (Å²) in [6.45, 7) is 2.10. The zero-order chi connectivity index (χ0) is 7.11. The van der Waals surface area contributed by atoms with Crippen LogP contribution in [0.2, 0.25) is 0 Å². The first kappa shape index (κ1) is 22.9. The Balaban J connectivity index is -0.000000107. The predicted molar refractivity (Wildman–Crippen MR) is 33.8 cm³/mol. The van der Waals surface area contributed by atoms with Crippen molar-refractivity contribution >= 4 is 5.97 Å². The van der Waals surface area contributed by atoms with Crippen molar-refractivity contribution in [3.8, 4) is 0 Å². The Kier molecular flexibility index (Phi) is 33.6. The largest absolute Gasteiger partial charge is 3.00 e. The molecular formula is C7H13Cl2CrO2. The molecule has 0 bridgehead atoms. The fourth-order valence-corrected chi connectivity index (χ4v) is 0.696. The number of carbonyl (C=O) groups is 1. The van der Waals surface area contributed by atoms with Crippen molar-refractivity contribution in [3.63, 3.8) is 0 Å². The average molecular weight is 252 g/mol. The Morgan fingerprint density at radius 2 is 1.67 bits per heavy atom. The molecule has 0 amide bonds. The quantitative estimate of drug-likeness (QED) is 0.459. The van der Waals surface area contributed by atoms with Gasteiger partial charge in [0.25, 0.3) is 0 Å². The molecule has 12 heavy (non-hydrogen) atoms. The molecule has 0 aliphatic carbocycles. The Morgan fingerprint density at radius 1 is 1.17 bits per heavy atom. The maximum absolute atomic E-state index is 9.85. The van der Waals surface area contributed by atoms with Gasteiger partial charge in [-0.15, -0.1) is 0 Å². The third kappa shape index (κ3) is 22.4. The number of carboxylic acids is 1. The minimum Gasteiger partial charge on any atom is -1.00 e. The molecule has 0 aliphatic heterocycles. The van der Waals surface area contributed by atoms with Gasteiger partial charge in [0.2, 0.25) is 0 Å². The van der Waals surface area contributed by atoms with Crippen molar-refractivity contribution in [3.05, 3.63) is 0 Å². The van der Waals surface area contributed by atoms with E-state index in [1.165, 1.54) is 0 Å². The number of hydrogen-bond acceptors (Lipinski definition) is 2. The normalized spacial score (nSPS) is 7.08. The van der Waals surface area contributed by atoms with Crippen molar-refractivity contribution in [1.29, 1.82) is 0 Å². The summed E-state index contributed by atoms with van der Waals surface area (Å²) in [5, 5.41) is 9.85. The first-order chi connectivity index (χ1) is 4.27. The standard InChI is InChI=1S/C7H14O2.2ClH.Cr/c1-2-3-4-5-6-7(8)9;;;/h2-6H2,1H3,(H,8,9);2*1H;/q;;;+3/p-3. The SMILES string of the molecule is CCCCCCC(=O)[O-].[Cl-].[Cl-].[Cr+3]. The van der Waals surface area contributed by atoms with Crippen LogP contribution in [0.4, 0.5) is 0 Å². The van der Waals surface area contributed by atoms with E-state index >= 15 is 0 Å². The van der Waals surface area contributed by atoms with Crippen LogP contribution in [-0.4, -0.2) is 5.97 Å². The van der Waals surface area contributed by atoms with Crippen LogP contribution in [0.5, 0.6) is 0 Å². The first-order valence-electron chi connectivity index (χ1n) is 3.47. The predicted octanol–water partition coefficient (Wildman–Crippen LogP) is -5.29. The van der Waals surface area contributed by atoms with Crippen molar-refractivity contribution in [2.24, 2.45) is 0 Å². The molecule has 0 heterocycles. The van der Waals surface area contributed by atoms with E-state index in [2.05, 4.69) is 6.92 Å². The summed E-state index contributed by atoms with van der Waals surface area (Å²) in [6.07, 6.45) is 4.29. The Morgan fingerprint density at radius 3 is 2.00 bits per heavy atom. The van der Waals surface area contributed by atoms with Gasteiger partial charge in [0.15, 0.2) is 0 Å². The van der Waals surface area contributed by atoms with Gasteiger partial charge in [0, 0.05) is 5.97 Å². The van der Waals surface area contributed by atoms with Gasteiger partial charge in [0.1, 0.15) is 0 Å². The van der Waals surface area contributed by atoms with Gasteiger partial charge in [-0.2, -0.15) is 0 Å². The first-order valence-corrected chi connectivity index (χ1v) is 3.47. The maximum Gasteiger partial charge on any atom is 3.00 e. The second kappa shape index (κ2) is 17.6. The van der Waals surface area contributed by atoms with E-state index in [0.717, 1.165) is 25.7 Å². The molecule has 0 fully saturated rings. The number of hydrogen-bond donors (Lipinski definition) is 0. The second-order valence-corrected chi connectivity index (χ2v) is 2.18. The summed E-state index contributed by atoms with van der Waals surface area (Å²) in [6, 6.07) is 0. The maximum atomic E-state index is 9.85. The van der Waals surface area contributed by atoms with Crippen LogP contribution in [0.1, 0.15) is 39.0 Å². The molecule has 0 aliphatic rings. The van der Waals surface area contributed by atoms with Crippen LogP contribution in [0, 0.1) is 0 Å². The van der Waals surface area contributed by atoms with Gasteiger partial charge in [-0.25, -0.2) is 0 Å². The van der Waals surface area contributed by atoms with Crippen molar-refractivity contribution in [2.75, 3.05) is 0 Å². The fourth-order valence-electron chi connectivity index (χ4n) is 0.696. The average Bonchev–Trinajstić information content (AvgIpc) is 1.80. The third-order valence-electron chi connectivity index (χ3n) is 1.23. The van der Waals surface area contributed by atoms with E-state index in [1.54, 1.807) is 0 Å². The molecule has 2 nitrogen and oxygen atoms in total. The van der Waals surface area contributed by atoms with Gasteiger partial charge < -0.3 is 34.7 Å². The van der Waals surface area contributed by atoms with E-state index in [0.29, 0.717) is 0 Å². The van der Waals surface area contributed by atoms with Gasteiger partial charge in [0.05, 0.1) is 0 Å². The number of rotatable bonds is 5. The second-order valence-electron chi connectivity index (χ2n) is 2.18. The number of aliphatic carboxylic acids is 1. The molecule has 73 valence electrons. The molecular weight excluding hydrogens is 239 g/mol. The molecule has 0 saturated carbocycles. The topological polar surface area (TPSA) is 40.1 Å². The van der Waals surface area contributed by atoms with Crippen molar-refractivity contribution in [2.45, 2.75) is 39.0 Å². The monoisotopic (exact) mass is 251 g/mol. The molecule has 5 heteroatoms. The molecule has 0 spiro atoms. The Bertz CT molecular complexity index is 91.5. The molecule has 0 aromatic carbocycles. The van der Waals surface area contributed by atoms with Crippen molar-refractivity contribution in [1.82, 2.24) is 0 Å². The molecule has 0 N–H and O–H groups in total. The van der Waals surface area contributed by atoms with Crippen LogP contribution in [-0.2, 0) is 22.2 Å². The molecule has 0 aromatic rings. The van der Waals surface area contributed by atoms with Gasteiger partial charge >= 0.3 is 17.4 Å². The number of unbranched alkanes of at least 4 members (excludes halogenated alkanes) is 3. The van der Waals surface area contributed by atoms with E-state index in [4.69, 9.17) is 0 Å². The summed E-state index contributed by atoms with van der Waals surface area (Å²) >= 11 is 0. The number of halogens is 2. The van der Waals surface area contributed by atoms with E-state index in [9.17, 15) is 9.90 Å². The summed E-state index contributed by atoms with van der Waals surface area (Å²) in [5.41, 5.74) is 0. The molecule has 0 rings (SSSR count). The van der Waals surface area contributed by atoms with Crippen LogP contribution >= 0.6 is 0 Å².